The van der Waals surface area contributed by atoms with Crippen molar-refractivity contribution in [2.45, 2.75) is 24.6 Å². The number of benzene rings is 1. The molecule has 1 aromatic carbocycles. The smallest absolute Gasteiger partial charge is 0.135 e. The van der Waals surface area contributed by atoms with Gasteiger partial charge < -0.3 is 16.2 Å². The Morgan fingerprint density at radius 3 is 2.31 bits per heavy atom. The summed E-state index contributed by atoms with van der Waals surface area (Å²) in [4.78, 5) is 0. The molecule has 0 aromatic heterocycles. The average molecular weight is 220 g/mol. The molecule has 4 N–H and O–H groups in total. The Hall–Kier alpha value is -1.16. The molecule has 0 aliphatic carbocycles. The molecule has 0 amide bonds. The van der Waals surface area contributed by atoms with Crippen molar-refractivity contribution in [2.24, 2.45) is 11.5 Å². The van der Waals surface area contributed by atoms with Gasteiger partial charge in [0.1, 0.15) is 5.72 Å². The van der Waals surface area contributed by atoms with Crippen molar-refractivity contribution in [1.82, 2.24) is 0 Å². The molecule has 3 heteroatoms. The number of ether oxygens (including phenoxy) is 1. The lowest BCUT2D eigenvalue weighted by Gasteiger charge is -2.40. The van der Waals surface area contributed by atoms with Gasteiger partial charge in [-0.1, -0.05) is 36.4 Å². The lowest BCUT2D eigenvalue weighted by Crippen LogP contribution is -2.65. The van der Waals surface area contributed by atoms with E-state index < -0.39 is 11.3 Å². The topological polar surface area (TPSA) is 61.3 Å². The summed E-state index contributed by atoms with van der Waals surface area (Å²) in [5, 5.41) is 0. The van der Waals surface area contributed by atoms with E-state index in [1.54, 1.807) is 20.1 Å². The third-order valence-corrected chi connectivity index (χ3v) is 3.05. The summed E-state index contributed by atoms with van der Waals surface area (Å²) in [7, 11) is 1.55. The minimum absolute atomic E-state index is 0.595. The summed E-state index contributed by atoms with van der Waals surface area (Å²) in [6.07, 6.45) is 2.25. The number of hydrogen-bond donors (Lipinski definition) is 2. The first-order valence-corrected chi connectivity index (χ1v) is 5.25. The Morgan fingerprint density at radius 1 is 1.31 bits per heavy atom. The molecule has 0 fully saturated rings. The molecule has 0 radical (unpaired) electrons. The highest BCUT2D eigenvalue weighted by Gasteiger charge is 2.40. The van der Waals surface area contributed by atoms with E-state index >= 15 is 0 Å². The van der Waals surface area contributed by atoms with Crippen molar-refractivity contribution >= 4 is 0 Å². The van der Waals surface area contributed by atoms with Crippen molar-refractivity contribution in [3.05, 3.63) is 48.6 Å². The van der Waals surface area contributed by atoms with Crippen LogP contribution in [0.3, 0.4) is 0 Å². The van der Waals surface area contributed by atoms with E-state index in [9.17, 15) is 0 Å². The summed E-state index contributed by atoms with van der Waals surface area (Å²) < 4.78 is 5.25. The molecule has 3 nitrogen and oxygen atoms in total. The van der Waals surface area contributed by atoms with Crippen LogP contribution in [0.1, 0.15) is 12.5 Å². The molecule has 1 aromatic rings. The predicted molar refractivity (Wildman–Crippen MR) is 66.9 cm³/mol. The molecule has 0 saturated heterocycles. The molecule has 1 rings (SSSR count). The van der Waals surface area contributed by atoms with Crippen molar-refractivity contribution in [1.29, 1.82) is 0 Å². The normalized spacial score (nSPS) is 18.5. The van der Waals surface area contributed by atoms with E-state index in [0.717, 1.165) is 5.56 Å². The van der Waals surface area contributed by atoms with Crippen LogP contribution in [0.4, 0.5) is 0 Å². The van der Waals surface area contributed by atoms with Gasteiger partial charge in [-0.05, 0) is 18.9 Å². The SMILES string of the molecule is C=CC(N)(Cc1ccccc1)C(C)(N)OC. The first kappa shape index (κ1) is 12.9. The Labute approximate surface area is 97.1 Å². The maximum Gasteiger partial charge on any atom is 0.135 e. The van der Waals surface area contributed by atoms with Gasteiger partial charge >= 0.3 is 0 Å². The fourth-order valence-corrected chi connectivity index (χ4v) is 1.57. The van der Waals surface area contributed by atoms with Crippen LogP contribution in [-0.4, -0.2) is 18.4 Å². The number of hydrogen-bond acceptors (Lipinski definition) is 3. The van der Waals surface area contributed by atoms with Gasteiger partial charge in [-0.15, -0.1) is 6.58 Å². The van der Waals surface area contributed by atoms with Crippen LogP contribution in [0.15, 0.2) is 43.0 Å². The maximum atomic E-state index is 6.25. The lowest BCUT2D eigenvalue weighted by molar-refractivity contribution is -0.0361. The maximum absolute atomic E-state index is 6.25. The zero-order valence-electron chi connectivity index (χ0n) is 9.94. The van der Waals surface area contributed by atoms with Gasteiger partial charge in [-0.3, -0.25) is 0 Å². The highest BCUT2D eigenvalue weighted by Crippen LogP contribution is 2.23. The second-order valence-electron chi connectivity index (χ2n) is 4.22. The lowest BCUT2D eigenvalue weighted by atomic mass is 9.83. The third-order valence-electron chi connectivity index (χ3n) is 3.05. The van der Waals surface area contributed by atoms with Gasteiger partial charge in [0.25, 0.3) is 0 Å². The van der Waals surface area contributed by atoms with E-state index in [4.69, 9.17) is 16.2 Å². The fraction of sp³-hybridized carbons (Fsp3) is 0.385. The van der Waals surface area contributed by atoms with Crippen LogP contribution in [0.5, 0.6) is 0 Å². The summed E-state index contributed by atoms with van der Waals surface area (Å²) in [6.45, 7) is 5.52. The van der Waals surface area contributed by atoms with E-state index in [1.807, 2.05) is 30.3 Å². The molecule has 2 unspecified atom stereocenters. The molecule has 16 heavy (non-hydrogen) atoms. The Morgan fingerprint density at radius 2 is 1.88 bits per heavy atom. The van der Waals surface area contributed by atoms with Crippen molar-refractivity contribution < 1.29 is 4.74 Å². The molecule has 0 aliphatic rings. The summed E-state index contributed by atoms with van der Waals surface area (Å²) in [6, 6.07) is 9.93. The molecule has 88 valence electrons. The monoisotopic (exact) mass is 220 g/mol. The third kappa shape index (κ3) is 2.50. The van der Waals surface area contributed by atoms with E-state index in [-0.39, 0.29) is 0 Å². The fourth-order valence-electron chi connectivity index (χ4n) is 1.57. The molecule has 0 saturated carbocycles. The van der Waals surface area contributed by atoms with E-state index in [1.165, 1.54) is 0 Å². The highest BCUT2D eigenvalue weighted by molar-refractivity contribution is 5.23. The highest BCUT2D eigenvalue weighted by atomic mass is 16.5. The largest absolute Gasteiger partial charge is 0.362 e. The molecule has 2 atom stereocenters. The molecule has 0 bridgehead atoms. The summed E-state index contributed by atoms with van der Waals surface area (Å²) in [5.74, 6) is 0. The van der Waals surface area contributed by atoms with Gasteiger partial charge in [-0.25, -0.2) is 0 Å². The first-order valence-electron chi connectivity index (χ1n) is 5.25. The van der Waals surface area contributed by atoms with Crippen LogP contribution >= 0.6 is 0 Å². The summed E-state index contributed by atoms with van der Waals surface area (Å²) >= 11 is 0. The Balaban J connectivity index is 2.95. The minimum atomic E-state index is -0.940. The van der Waals surface area contributed by atoms with Crippen LogP contribution < -0.4 is 11.5 Å². The number of nitrogens with two attached hydrogens (primary N) is 2. The van der Waals surface area contributed by atoms with E-state index in [0.29, 0.717) is 6.42 Å². The van der Waals surface area contributed by atoms with Gasteiger partial charge in [-0.2, -0.15) is 0 Å². The molecular formula is C13H20N2O. The van der Waals surface area contributed by atoms with Crippen LogP contribution in [-0.2, 0) is 11.2 Å². The van der Waals surface area contributed by atoms with Crippen LogP contribution in [0.2, 0.25) is 0 Å². The Kier molecular flexibility index (Phi) is 3.86. The number of methoxy groups -OCH3 is 1. The second kappa shape index (κ2) is 4.78. The second-order valence-corrected chi connectivity index (χ2v) is 4.22. The minimum Gasteiger partial charge on any atom is -0.362 e. The Bertz CT molecular complexity index is 348. The van der Waals surface area contributed by atoms with Gasteiger partial charge in [0.2, 0.25) is 0 Å². The molecular weight excluding hydrogens is 200 g/mol. The van der Waals surface area contributed by atoms with Crippen LogP contribution in [0.25, 0.3) is 0 Å². The van der Waals surface area contributed by atoms with Crippen molar-refractivity contribution in [3.63, 3.8) is 0 Å². The van der Waals surface area contributed by atoms with E-state index in [2.05, 4.69) is 6.58 Å². The van der Waals surface area contributed by atoms with Crippen molar-refractivity contribution in [2.75, 3.05) is 7.11 Å². The quantitative estimate of drug-likeness (QED) is 0.583. The zero-order valence-corrected chi connectivity index (χ0v) is 9.94. The molecule has 0 heterocycles. The van der Waals surface area contributed by atoms with Crippen molar-refractivity contribution in [3.8, 4) is 0 Å². The van der Waals surface area contributed by atoms with Gasteiger partial charge in [0.05, 0.1) is 5.54 Å². The van der Waals surface area contributed by atoms with Crippen LogP contribution in [0, 0.1) is 0 Å². The van der Waals surface area contributed by atoms with Gasteiger partial charge in [0.15, 0.2) is 0 Å². The first-order chi connectivity index (χ1) is 7.45. The predicted octanol–water partition coefficient (Wildman–Crippen LogP) is 1.43. The zero-order chi connectivity index (χ0) is 12.2. The van der Waals surface area contributed by atoms with Gasteiger partial charge in [0, 0.05) is 7.11 Å². The summed E-state index contributed by atoms with van der Waals surface area (Å²) in [5.41, 5.74) is 11.7. The average Bonchev–Trinajstić information content (AvgIpc) is 2.30. The molecule has 0 aliphatic heterocycles. The number of rotatable bonds is 5. The standard InChI is InChI=1S/C13H20N2O/c1-4-13(15,12(2,14)16-3)10-11-8-6-5-7-9-11/h4-9H,1,10,14-15H2,2-3H3. The molecule has 0 spiro atoms.